The summed E-state index contributed by atoms with van der Waals surface area (Å²) in [6, 6.07) is 10.1. The predicted molar refractivity (Wildman–Crippen MR) is 59.3 cm³/mol. The zero-order valence-electron chi connectivity index (χ0n) is 8.96. The molecule has 1 atom stereocenters. The summed E-state index contributed by atoms with van der Waals surface area (Å²) in [5.74, 6) is 0. The molecule has 0 radical (unpaired) electrons. The predicted octanol–water partition coefficient (Wildman–Crippen LogP) is 1.59. The van der Waals surface area contributed by atoms with Crippen LogP contribution in [0.4, 0.5) is 0 Å². The maximum atomic E-state index is 10.0. The van der Waals surface area contributed by atoms with E-state index >= 15 is 0 Å². The third kappa shape index (κ3) is 3.90. The monoisotopic (exact) mass is 193 g/mol. The lowest BCUT2D eigenvalue weighted by molar-refractivity contribution is 0.0607. The van der Waals surface area contributed by atoms with Gasteiger partial charge in [-0.25, -0.2) is 0 Å². The lowest BCUT2D eigenvalue weighted by Gasteiger charge is -2.23. The number of benzene rings is 1. The average Bonchev–Trinajstić information content (AvgIpc) is 2.16. The first-order chi connectivity index (χ1) is 6.64. The van der Waals surface area contributed by atoms with Crippen LogP contribution in [0.15, 0.2) is 30.3 Å². The van der Waals surface area contributed by atoms with Gasteiger partial charge in [0.1, 0.15) is 0 Å². The first kappa shape index (κ1) is 11.2. The molecule has 0 aliphatic carbocycles. The highest BCUT2D eigenvalue weighted by atomic mass is 16.3. The van der Waals surface area contributed by atoms with Gasteiger partial charge in [-0.2, -0.15) is 0 Å². The van der Waals surface area contributed by atoms with E-state index in [1.807, 2.05) is 44.2 Å². The van der Waals surface area contributed by atoms with Gasteiger partial charge in [0, 0.05) is 13.0 Å². The minimum atomic E-state index is -0.655. The molecular formula is C12H19NO. The molecule has 1 unspecified atom stereocenters. The standard InChI is InChI=1S/C12H19NO/c1-3-13-10-12(2,14)9-11-7-5-4-6-8-11/h4-8,13-14H,3,9-10H2,1-2H3. The van der Waals surface area contributed by atoms with Crippen LogP contribution in [0.1, 0.15) is 19.4 Å². The van der Waals surface area contributed by atoms with Crippen LogP contribution >= 0.6 is 0 Å². The fourth-order valence-electron chi connectivity index (χ4n) is 1.49. The number of hydrogen-bond donors (Lipinski definition) is 2. The van der Waals surface area contributed by atoms with Gasteiger partial charge < -0.3 is 10.4 Å². The maximum absolute atomic E-state index is 10.0. The van der Waals surface area contributed by atoms with Gasteiger partial charge in [-0.15, -0.1) is 0 Å². The van der Waals surface area contributed by atoms with E-state index in [9.17, 15) is 5.11 Å². The second kappa shape index (κ2) is 5.13. The maximum Gasteiger partial charge on any atom is 0.0783 e. The Kier molecular flexibility index (Phi) is 4.11. The molecule has 0 aliphatic rings. The van der Waals surface area contributed by atoms with Crippen LogP contribution in [0.25, 0.3) is 0 Å². The summed E-state index contributed by atoms with van der Waals surface area (Å²) in [6.07, 6.45) is 0.695. The van der Waals surface area contributed by atoms with E-state index in [0.717, 1.165) is 6.54 Å². The molecule has 78 valence electrons. The van der Waals surface area contributed by atoms with Crippen molar-refractivity contribution in [3.63, 3.8) is 0 Å². The van der Waals surface area contributed by atoms with Crippen LogP contribution in [0.2, 0.25) is 0 Å². The van der Waals surface area contributed by atoms with Crippen molar-refractivity contribution < 1.29 is 5.11 Å². The largest absolute Gasteiger partial charge is 0.389 e. The minimum absolute atomic E-state index is 0.637. The second-order valence-corrected chi connectivity index (χ2v) is 3.94. The number of nitrogens with one attached hydrogen (secondary N) is 1. The van der Waals surface area contributed by atoms with Crippen molar-refractivity contribution in [2.45, 2.75) is 25.9 Å². The Morgan fingerprint density at radius 3 is 2.50 bits per heavy atom. The molecule has 0 saturated heterocycles. The molecule has 2 nitrogen and oxygen atoms in total. The molecule has 0 fully saturated rings. The van der Waals surface area contributed by atoms with E-state index in [0.29, 0.717) is 13.0 Å². The molecule has 0 bridgehead atoms. The van der Waals surface area contributed by atoms with Crippen LogP contribution in [0, 0.1) is 0 Å². The number of rotatable bonds is 5. The van der Waals surface area contributed by atoms with Crippen molar-refractivity contribution >= 4 is 0 Å². The van der Waals surface area contributed by atoms with Crippen molar-refractivity contribution in [3.8, 4) is 0 Å². The highest BCUT2D eigenvalue weighted by Crippen LogP contribution is 2.11. The Hall–Kier alpha value is -0.860. The van der Waals surface area contributed by atoms with Crippen LogP contribution < -0.4 is 5.32 Å². The molecule has 1 rings (SSSR count). The lowest BCUT2D eigenvalue weighted by atomic mass is 9.96. The van der Waals surface area contributed by atoms with E-state index in [-0.39, 0.29) is 0 Å². The van der Waals surface area contributed by atoms with E-state index in [2.05, 4.69) is 5.32 Å². The van der Waals surface area contributed by atoms with Crippen LogP contribution in [0.5, 0.6) is 0 Å². The third-order valence-corrected chi connectivity index (χ3v) is 2.18. The second-order valence-electron chi connectivity index (χ2n) is 3.94. The lowest BCUT2D eigenvalue weighted by Crippen LogP contribution is -2.39. The van der Waals surface area contributed by atoms with Crippen LogP contribution in [-0.2, 0) is 6.42 Å². The topological polar surface area (TPSA) is 32.3 Å². The minimum Gasteiger partial charge on any atom is -0.389 e. The Morgan fingerprint density at radius 1 is 1.29 bits per heavy atom. The summed E-state index contributed by atoms with van der Waals surface area (Å²) in [6.45, 7) is 5.44. The number of hydrogen-bond acceptors (Lipinski definition) is 2. The van der Waals surface area contributed by atoms with Gasteiger partial charge in [-0.1, -0.05) is 37.3 Å². The van der Waals surface area contributed by atoms with Gasteiger partial charge >= 0.3 is 0 Å². The van der Waals surface area contributed by atoms with Gasteiger partial charge in [-0.3, -0.25) is 0 Å². The first-order valence-electron chi connectivity index (χ1n) is 5.11. The quantitative estimate of drug-likeness (QED) is 0.744. The van der Waals surface area contributed by atoms with E-state index in [4.69, 9.17) is 0 Å². The molecule has 2 heteroatoms. The summed E-state index contributed by atoms with van der Waals surface area (Å²) >= 11 is 0. The summed E-state index contributed by atoms with van der Waals surface area (Å²) in [7, 11) is 0. The highest BCUT2D eigenvalue weighted by molar-refractivity contribution is 5.16. The fourth-order valence-corrected chi connectivity index (χ4v) is 1.49. The Morgan fingerprint density at radius 2 is 1.93 bits per heavy atom. The van der Waals surface area contributed by atoms with Gasteiger partial charge in [-0.05, 0) is 19.0 Å². The molecule has 2 N–H and O–H groups in total. The Balaban J connectivity index is 2.50. The number of aliphatic hydroxyl groups is 1. The fraction of sp³-hybridized carbons (Fsp3) is 0.500. The van der Waals surface area contributed by atoms with Gasteiger partial charge in [0.15, 0.2) is 0 Å². The number of likely N-dealkylation sites (N-methyl/N-ethyl adjacent to an activating group) is 1. The van der Waals surface area contributed by atoms with Gasteiger partial charge in [0.25, 0.3) is 0 Å². The summed E-state index contributed by atoms with van der Waals surface area (Å²) in [5, 5.41) is 13.2. The molecule has 0 spiro atoms. The SMILES string of the molecule is CCNCC(C)(O)Cc1ccccc1. The smallest absolute Gasteiger partial charge is 0.0783 e. The zero-order valence-corrected chi connectivity index (χ0v) is 8.96. The zero-order chi connectivity index (χ0) is 10.4. The normalized spacial score (nSPS) is 15.1. The molecule has 1 aromatic rings. The molecule has 0 amide bonds. The van der Waals surface area contributed by atoms with E-state index < -0.39 is 5.60 Å². The molecule has 0 heterocycles. The average molecular weight is 193 g/mol. The van der Waals surface area contributed by atoms with Crippen LogP contribution in [0.3, 0.4) is 0 Å². The molecular weight excluding hydrogens is 174 g/mol. The Bertz CT molecular complexity index is 256. The summed E-state index contributed by atoms with van der Waals surface area (Å²) in [5.41, 5.74) is 0.521. The van der Waals surface area contributed by atoms with Gasteiger partial charge in [0.05, 0.1) is 5.60 Å². The summed E-state index contributed by atoms with van der Waals surface area (Å²) in [4.78, 5) is 0. The van der Waals surface area contributed by atoms with Crippen molar-refractivity contribution in [2.24, 2.45) is 0 Å². The van der Waals surface area contributed by atoms with Crippen molar-refractivity contribution in [3.05, 3.63) is 35.9 Å². The highest BCUT2D eigenvalue weighted by Gasteiger charge is 2.19. The molecule has 0 aliphatic heterocycles. The summed E-state index contributed by atoms with van der Waals surface area (Å²) < 4.78 is 0. The van der Waals surface area contributed by atoms with Crippen LogP contribution in [-0.4, -0.2) is 23.8 Å². The van der Waals surface area contributed by atoms with Crippen molar-refractivity contribution in [2.75, 3.05) is 13.1 Å². The van der Waals surface area contributed by atoms with Crippen molar-refractivity contribution in [1.29, 1.82) is 0 Å². The molecule has 1 aromatic carbocycles. The molecule has 14 heavy (non-hydrogen) atoms. The first-order valence-corrected chi connectivity index (χ1v) is 5.11. The molecule has 0 aromatic heterocycles. The van der Waals surface area contributed by atoms with E-state index in [1.54, 1.807) is 0 Å². The van der Waals surface area contributed by atoms with E-state index in [1.165, 1.54) is 5.56 Å². The molecule has 0 saturated carbocycles. The van der Waals surface area contributed by atoms with Crippen molar-refractivity contribution in [1.82, 2.24) is 5.32 Å². The van der Waals surface area contributed by atoms with Gasteiger partial charge in [0.2, 0.25) is 0 Å². The Labute approximate surface area is 86.0 Å². The third-order valence-electron chi connectivity index (χ3n) is 2.18.